The molecule has 0 radical (unpaired) electrons. The van der Waals surface area contributed by atoms with Crippen LogP contribution in [-0.4, -0.2) is 30.6 Å². The lowest BCUT2D eigenvalue weighted by Gasteiger charge is -2.40. The molecule has 1 aromatic carbocycles. The molecule has 6 nitrogen and oxygen atoms in total. The smallest absolute Gasteiger partial charge is 0.367 e. The molecule has 7 unspecified atom stereocenters. The van der Waals surface area contributed by atoms with Crippen molar-refractivity contribution in [3.63, 3.8) is 0 Å². The molecule has 0 aliphatic heterocycles. The third-order valence-electron chi connectivity index (χ3n) is 10.2. The van der Waals surface area contributed by atoms with E-state index in [4.69, 9.17) is 14.2 Å². The van der Waals surface area contributed by atoms with Gasteiger partial charge in [0.2, 0.25) is 0 Å². The zero-order chi connectivity index (χ0) is 26.3. The number of fused-ring (bicyclic) bond motifs is 2. The molecule has 3 saturated carbocycles. The van der Waals surface area contributed by atoms with Crippen LogP contribution in [0.25, 0.3) is 0 Å². The topological polar surface area (TPSA) is 78.9 Å². The highest BCUT2D eigenvalue weighted by Gasteiger charge is 2.64. The molecule has 0 saturated heterocycles. The minimum absolute atomic E-state index is 0.0160. The highest BCUT2D eigenvalue weighted by molar-refractivity contribution is 6.05. The average molecular weight is 499 g/mol. The first-order chi connectivity index (χ1) is 17.0. The van der Waals surface area contributed by atoms with Gasteiger partial charge in [-0.1, -0.05) is 78.3 Å². The predicted octanol–water partition coefficient (Wildman–Crippen LogP) is 5.82. The molecule has 36 heavy (non-hydrogen) atoms. The lowest BCUT2D eigenvalue weighted by Crippen LogP contribution is -2.52. The number of carbonyl (C=O) groups is 3. The van der Waals surface area contributed by atoms with Crippen LogP contribution in [-0.2, 0) is 34.2 Å². The molecule has 198 valence electrons. The molecule has 0 aromatic heterocycles. The van der Waals surface area contributed by atoms with Gasteiger partial charge in [-0.15, -0.1) is 0 Å². The maximum Gasteiger partial charge on any atom is 0.367 e. The predicted molar refractivity (Wildman–Crippen MR) is 136 cm³/mol. The van der Waals surface area contributed by atoms with Gasteiger partial charge in [0.05, 0.1) is 0 Å². The average Bonchev–Trinajstić information content (AvgIpc) is 3.16. The Labute approximate surface area is 215 Å². The van der Waals surface area contributed by atoms with Gasteiger partial charge in [-0.25, -0.2) is 9.59 Å². The van der Waals surface area contributed by atoms with E-state index in [1.54, 1.807) is 30.3 Å². The maximum absolute atomic E-state index is 14.0. The van der Waals surface area contributed by atoms with Crippen LogP contribution in [0.1, 0.15) is 85.6 Å². The van der Waals surface area contributed by atoms with E-state index in [1.807, 2.05) is 0 Å². The fourth-order valence-corrected chi connectivity index (χ4v) is 7.22. The Morgan fingerprint density at radius 1 is 1.00 bits per heavy atom. The number of ether oxygens (including phenoxy) is 3. The van der Waals surface area contributed by atoms with Gasteiger partial charge in [0.25, 0.3) is 6.47 Å². The van der Waals surface area contributed by atoms with Crippen molar-refractivity contribution in [2.24, 2.45) is 34.5 Å². The molecule has 3 fully saturated rings. The molecular weight excluding hydrogens is 456 g/mol. The maximum atomic E-state index is 14.0. The molecule has 0 heterocycles. The number of benzene rings is 1. The highest BCUT2D eigenvalue weighted by atomic mass is 16.6. The van der Waals surface area contributed by atoms with E-state index in [2.05, 4.69) is 41.5 Å². The van der Waals surface area contributed by atoms with E-state index in [-0.39, 0.29) is 41.0 Å². The van der Waals surface area contributed by atoms with Gasteiger partial charge in [0, 0.05) is 11.0 Å². The van der Waals surface area contributed by atoms with Crippen LogP contribution in [0.15, 0.2) is 30.3 Å². The third-order valence-corrected chi connectivity index (χ3v) is 10.2. The van der Waals surface area contributed by atoms with E-state index >= 15 is 0 Å². The van der Waals surface area contributed by atoms with Crippen molar-refractivity contribution in [2.75, 3.05) is 0 Å². The van der Waals surface area contributed by atoms with Gasteiger partial charge >= 0.3 is 17.5 Å². The van der Waals surface area contributed by atoms with Crippen molar-refractivity contribution < 1.29 is 28.6 Å². The summed E-state index contributed by atoms with van der Waals surface area (Å²) in [7, 11) is 0. The van der Waals surface area contributed by atoms with Gasteiger partial charge < -0.3 is 14.2 Å². The molecule has 0 spiro atoms. The molecule has 0 amide bonds. The van der Waals surface area contributed by atoms with Crippen LogP contribution in [0.3, 0.4) is 0 Å². The van der Waals surface area contributed by atoms with Gasteiger partial charge in [0.15, 0.2) is 0 Å². The van der Waals surface area contributed by atoms with Crippen molar-refractivity contribution in [1.29, 1.82) is 0 Å². The number of esters is 2. The highest BCUT2D eigenvalue weighted by Crippen LogP contribution is 2.66. The Balaban J connectivity index is 1.68. The van der Waals surface area contributed by atoms with Crippen molar-refractivity contribution >= 4 is 18.4 Å². The van der Waals surface area contributed by atoms with E-state index in [0.717, 1.165) is 32.1 Å². The second-order valence-electron chi connectivity index (χ2n) is 12.5. The van der Waals surface area contributed by atoms with Crippen LogP contribution >= 0.6 is 0 Å². The van der Waals surface area contributed by atoms with Crippen molar-refractivity contribution in [1.82, 2.24) is 0 Å². The zero-order valence-corrected chi connectivity index (χ0v) is 22.6. The van der Waals surface area contributed by atoms with Crippen molar-refractivity contribution in [3.8, 4) is 0 Å². The fourth-order valence-electron chi connectivity index (χ4n) is 7.22. The largest absolute Gasteiger partial charge is 0.458 e. The minimum Gasteiger partial charge on any atom is -0.458 e. The van der Waals surface area contributed by atoms with Crippen molar-refractivity contribution in [2.45, 2.75) is 97.9 Å². The summed E-state index contributed by atoms with van der Waals surface area (Å²) in [5, 5.41) is 0. The number of hydrogen-bond donors (Lipinski definition) is 0. The fraction of sp³-hybridized carbons (Fsp3) is 0.700. The molecule has 3 aliphatic rings. The Bertz CT molecular complexity index is 971. The second kappa shape index (κ2) is 9.83. The molecule has 1 aromatic rings. The molecule has 0 N–H and O–H groups in total. The lowest BCUT2D eigenvalue weighted by atomic mass is 9.70. The molecule has 4 rings (SSSR count). The van der Waals surface area contributed by atoms with E-state index in [0.29, 0.717) is 24.2 Å². The van der Waals surface area contributed by atoms with Crippen LogP contribution in [0.2, 0.25) is 0 Å². The van der Waals surface area contributed by atoms with E-state index < -0.39 is 17.5 Å². The van der Waals surface area contributed by atoms with Gasteiger partial charge in [0.1, 0.15) is 12.2 Å². The van der Waals surface area contributed by atoms with Crippen LogP contribution in [0.5, 0.6) is 0 Å². The summed E-state index contributed by atoms with van der Waals surface area (Å²) < 4.78 is 17.7. The minimum atomic E-state index is -2.30. The summed E-state index contributed by atoms with van der Waals surface area (Å²) in [6, 6.07) is 8.42. The Hall–Kier alpha value is -2.37. The van der Waals surface area contributed by atoms with Gasteiger partial charge in [-0.05, 0) is 61.2 Å². The summed E-state index contributed by atoms with van der Waals surface area (Å²) in [4.78, 5) is 39.8. The number of carbonyl (C=O) groups excluding carboxylic acids is 3. The quantitative estimate of drug-likeness (QED) is 0.195. The molecule has 7 atom stereocenters. The zero-order valence-electron chi connectivity index (χ0n) is 22.6. The molecule has 2 bridgehead atoms. The standard InChI is InChI=1S/C30H42O6/c1-19(2)23-13-12-20(3)16-24(23)35-26(32)30(34-18-31,21-10-8-7-9-11-21)27(33)36-25-17-22-14-15-29(25,6)28(22,4)5/h7-11,18-20,22-25H,12-17H2,1-6H3. The Morgan fingerprint density at radius 3 is 2.22 bits per heavy atom. The Kier molecular flexibility index (Phi) is 7.29. The third kappa shape index (κ3) is 4.24. The van der Waals surface area contributed by atoms with Crippen LogP contribution in [0, 0.1) is 34.5 Å². The second-order valence-corrected chi connectivity index (χ2v) is 12.5. The first-order valence-corrected chi connectivity index (χ1v) is 13.6. The number of hydrogen-bond acceptors (Lipinski definition) is 6. The SMILES string of the molecule is CC1CCC(C(C)C)C(OC(=O)C(OC=O)(C(=O)OC2CC3CCC2(C)C3(C)C)c2ccccc2)C1. The van der Waals surface area contributed by atoms with Crippen LogP contribution in [0.4, 0.5) is 0 Å². The molecular formula is C30H42O6. The first kappa shape index (κ1) is 26.7. The summed E-state index contributed by atoms with van der Waals surface area (Å²) in [5.74, 6) is -0.402. The van der Waals surface area contributed by atoms with E-state index in [9.17, 15) is 14.4 Å². The van der Waals surface area contributed by atoms with Crippen molar-refractivity contribution in [3.05, 3.63) is 35.9 Å². The normalized spacial score (nSPS) is 34.6. The summed E-state index contributed by atoms with van der Waals surface area (Å²) in [6.45, 7) is 13.2. The monoisotopic (exact) mass is 498 g/mol. The summed E-state index contributed by atoms with van der Waals surface area (Å²) in [6.07, 6.45) is 4.82. The van der Waals surface area contributed by atoms with Crippen LogP contribution < -0.4 is 0 Å². The number of rotatable bonds is 8. The molecule has 3 aliphatic carbocycles. The summed E-state index contributed by atoms with van der Waals surface area (Å²) >= 11 is 0. The Morgan fingerprint density at radius 2 is 1.67 bits per heavy atom. The van der Waals surface area contributed by atoms with Gasteiger partial charge in [-0.3, -0.25) is 4.79 Å². The first-order valence-electron chi connectivity index (χ1n) is 13.6. The van der Waals surface area contributed by atoms with Gasteiger partial charge in [-0.2, -0.15) is 0 Å². The summed E-state index contributed by atoms with van der Waals surface area (Å²) in [5.41, 5.74) is -2.25. The molecule has 6 heteroatoms. The lowest BCUT2D eigenvalue weighted by molar-refractivity contribution is -0.205. The van der Waals surface area contributed by atoms with E-state index in [1.165, 1.54) is 0 Å².